The molecule has 5 heteroatoms. The Morgan fingerprint density at radius 1 is 1.48 bits per heavy atom. The molecule has 1 fully saturated rings. The highest BCUT2D eigenvalue weighted by Crippen LogP contribution is 2.31. The van der Waals surface area contributed by atoms with Crippen LogP contribution in [-0.4, -0.2) is 37.3 Å². The standard InChI is InChI=1S/C16H29N3OS/c1-5-7-17-10-14-15(12(2)3)18-16(21-14)19-8-6-9-20-13(4)11-19/h12-13,17H,5-11H2,1-4H3. The van der Waals surface area contributed by atoms with Crippen molar-refractivity contribution in [2.24, 2.45) is 0 Å². The van der Waals surface area contributed by atoms with E-state index >= 15 is 0 Å². The number of aromatic nitrogens is 1. The fourth-order valence-corrected chi connectivity index (χ4v) is 3.83. The molecule has 0 saturated carbocycles. The lowest BCUT2D eigenvalue weighted by atomic mass is 10.1. The van der Waals surface area contributed by atoms with Crippen molar-refractivity contribution in [2.75, 3.05) is 31.1 Å². The van der Waals surface area contributed by atoms with Gasteiger partial charge in [-0.05, 0) is 32.2 Å². The van der Waals surface area contributed by atoms with Crippen LogP contribution in [-0.2, 0) is 11.3 Å². The molecule has 0 aliphatic carbocycles. The maximum atomic E-state index is 5.74. The zero-order valence-electron chi connectivity index (χ0n) is 13.8. The first-order valence-electron chi connectivity index (χ1n) is 8.18. The lowest BCUT2D eigenvalue weighted by molar-refractivity contribution is 0.0821. The molecular formula is C16H29N3OS. The van der Waals surface area contributed by atoms with Crippen molar-refractivity contribution in [2.45, 2.75) is 59.1 Å². The van der Waals surface area contributed by atoms with Crippen molar-refractivity contribution < 1.29 is 4.74 Å². The molecule has 1 N–H and O–H groups in total. The maximum Gasteiger partial charge on any atom is 0.185 e. The van der Waals surface area contributed by atoms with Crippen LogP contribution in [0.15, 0.2) is 0 Å². The van der Waals surface area contributed by atoms with E-state index in [0.29, 0.717) is 12.0 Å². The Morgan fingerprint density at radius 2 is 2.29 bits per heavy atom. The third-order valence-electron chi connectivity index (χ3n) is 3.70. The van der Waals surface area contributed by atoms with E-state index in [4.69, 9.17) is 9.72 Å². The van der Waals surface area contributed by atoms with Gasteiger partial charge in [0, 0.05) is 31.1 Å². The second-order valence-corrected chi connectivity index (χ2v) is 7.18. The van der Waals surface area contributed by atoms with Crippen molar-refractivity contribution >= 4 is 16.5 Å². The van der Waals surface area contributed by atoms with Crippen molar-refractivity contribution in [3.8, 4) is 0 Å². The van der Waals surface area contributed by atoms with Gasteiger partial charge < -0.3 is 15.0 Å². The molecule has 1 aromatic rings. The molecule has 1 aliphatic heterocycles. The first kappa shape index (κ1) is 16.7. The lowest BCUT2D eigenvalue weighted by Crippen LogP contribution is -2.29. The summed E-state index contributed by atoms with van der Waals surface area (Å²) < 4.78 is 5.74. The number of hydrogen-bond donors (Lipinski definition) is 1. The predicted octanol–water partition coefficient (Wildman–Crippen LogP) is 3.38. The summed E-state index contributed by atoms with van der Waals surface area (Å²) in [6.07, 6.45) is 2.55. The minimum absolute atomic E-state index is 0.292. The Balaban J connectivity index is 2.13. The van der Waals surface area contributed by atoms with Gasteiger partial charge in [0.1, 0.15) is 0 Å². The van der Waals surface area contributed by atoms with Crippen LogP contribution in [0.2, 0.25) is 0 Å². The number of thiazole rings is 1. The summed E-state index contributed by atoms with van der Waals surface area (Å²) in [5.74, 6) is 0.481. The first-order valence-corrected chi connectivity index (χ1v) is 9.00. The molecule has 1 unspecified atom stereocenters. The predicted molar refractivity (Wildman–Crippen MR) is 90.4 cm³/mol. The van der Waals surface area contributed by atoms with Crippen LogP contribution in [0, 0.1) is 0 Å². The van der Waals surface area contributed by atoms with Gasteiger partial charge in [-0.3, -0.25) is 0 Å². The van der Waals surface area contributed by atoms with E-state index in [1.165, 1.54) is 22.1 Å². The molecule has 0 amide bonds. The Kier molecular flexibility index (Phi) is 6.45. The van der Waals surface area contributed by atoms with Crippen molar-refractivity contribution in [3.05, 3.63) is 10.6 Å². The van der Waals surface area contributed by atoms with Crippen molar-refractivity contribution in [1.82, 2.24) is 10.3 Å². The summed E-state index contributed by atoms with van der Waals surface area (Å²) >= 11 is 1.85. The monoisotopic (exact) mass is 311 g/mol. The van der Waals surface area contributed by atoms with Crippen LogP contribution < -0.4 is 10.2 Å². The normalized spacial score (nSPS) is 20.0. The van der Waals surface area contributed by atoms with Gasteiger partial charge in [0.15, 0.2) is 5.13 Å². The highest BCUT2D eigenvalue weighted by Gasteiger charge is 2.21. The van der Waals surface area contributed by atoms with Gasteiger partial charge in [-0.25, -0.2) is 4.98 Å². The van der Waals surface area contributed by atoms with E-state index in [9.17, 15) is 0 Å². The fraction of sp³-hybridized carbons (Fsp3) is 0.812. The van der Waals surface area contributed by atoms with E-state index in [0.717, 1.165) is 39.2 Å². The summed E-state index contributed by atoms with van der Waals surface area (Å²) in [5.41, 5.74) is 1.26. The minimum Gasteiger partial charge on any atom is -0.377 e. The topological polar surface area (TPSA) is 37.4 Å². The summed E-state index contributed by atoms with van der Waals surface area (Å²) in [6.45, 7) is 13.7. The van der Waals surface area contributed by atoms with Gasteiger partial charge in [0.2, 0.25) is 0 Å². The third-order valence-corrected chi connectivity index (χ3v) is 4.83. The van der Waals surface area contributed by atoms with Gasteiger partial charge in [-0.15, -0.1) is 11.3 Å². The van der Waals surface area contributed by atoms with Crippen LogP contribution in [0.1, 0.15) is 57.0 Å². The molecule has 0 bridgehead atoms. The summed E-state index contributed by atoms with van der Waals surface area (Å²) in [5, 5.41) is 4.68. The average Bonchev–Trinajstić information content (AvgIpc) is 2.75. The number of ether oxygens (including phenoxy) is 1. The molecule has 4 nitrogen and oxygen atoms in total. The molecule has 1 aliphatic rings. The summed E-state index contributed by atoms with van der Waals surface area (Å²) in [7, 11) is 0. The van der Waals surface area contributed by atoms with E-state index < -0.39 is 0 Å². The Labute approximate surface area is 132 Å². The number of nitrogens with zero attached hydrogens (tertiary/aromatic N) is 2. The van der Waals surface area contributed by atoms with E-state index in [1.54, 1.807) is 0 Å². The van der Waals surface area contributed by atoms with E-state index in [1.807, 2.05) is 11.3 Å². The van der Waals surface area contributed by atoms with Crippen LogP contribution in [0.4, 0.5) is 5.13 Å². The third kappa shape index (κ3) is 4.66. The molecule has 21 heavy (non-hydrogen) atoms. The van der Waals surface area contributed by atoms with Gasteiger partial charge in [-0.1, -0.05) is 20.8 Å². The SMILES string of the molecule is CCCNCc1sc(N2CCCOC(C)C2)nc1C(C)C. The highest BCUT2D eigenvalue weighted by molar-refractivity contribution is 7.15. The van der Waals surface area contributed by atoms with Gasteiger partial charge >= 0.3 is 0 Å². The zero-order chi connectivity index (χ0) is 15.2. The van der Waals surface area contributed by atoms with Crippen LogP contribution in [0.5, 0.6) is 0 Å². The highest BCUT2D eigenvalue weighted by atomic mass is 32.1. The molecule has 2 rings (SSSR count). The maximum absolute atomic E-state index is 5.74. The summed E-state index contributed by atoms with van der Waals surface area (Å²) in [6, 6.07) is 0. The molecule has 120 valence electrons. The largest absolute Gasteiger partial charge is 0.377 e. The van der Waals surface area contributed by atoms with E-state index in [-0.39, 0.29) is 0 Å². The second kappa shape index (κ2) is 8.11. The second-order valence-electron chi connectivity index (χ2n) is 6.12. The molecule has 2 heterocycles. The number of anilines is 1. The molecule has 1 aromatic heterocycles. The molecule has 0 radical (unpaired) electrons. The minimum atomic E-state index is 0.292. The van der Waals surface area contributed by atoms with Crippen LogP contribution in [0.3, 0.4) is 0 Å². The fourth-order valence-electron chi connectivity index (χ4n) is 2.61. The lowest BCUT2D eigenvalue weighted by Gasteiger charge is -2.21. The Morgan fingerprint density at radius 3 is 3.00 bits per heavy atom. The zero-order valence-corrected chi connectivity index (χ0v) is 14.6. The number of nitrogens with one attached hydrogen (secondary N) is 1. The molecule has 1 saturated heterocycles. The molecule has 1 atom stereocenters. The first-order chi connectivity index (χ1) is 10.1. The van der Waals surface area contributed by atoms with E-state index in [2.05, 4.69) is 37.9 Å². The Hall–Kier alpha value is -0.650. The average molecular weight is 311 g/mol. The Bertz CT molecular complexity index is 433. The van der Waals surface area contributed by atoms with Gasteiger partial charge in [0.25, 0.3) is 0 Å². The van der Waals surface area contributed by atoms with Gasteiger partial charge in [0.05, 0.1) is 11.8 Å². The summed E-state index contributed by atoms with van der Waals surface area (Å²) in [4.78, 5) is 8.73. The molecule has 0 spiro atoms. The molecular weight excluding hydrogens is 282 g/mol. The molecule has 0 aromatic carbocycles. The van der Waals surface area contributed by atoms with Crippen molar-refractivity contribution in [1.29, 1.82) is 0 Å². The number of rotatable bonds is 6. The number of hydrogen-bond acceptors (Lipinski definition) is 5. The van der Waals surface area contributed by atoms with Crippen LogP contribution in [0.25, 0.3) is 0 Å². The smallest absolute Gasteiger partial charge is 0.185 e. The quantitative estimate of drug-likeness (QED) is 0.817. The van der Waals surface area contributed by atoms with Crippen LogP contribution >= 0.6 is 11.3 Å². The van der Waals surface area contributed by atoms with Crippen molar-refractivity contribution in [3.63, 3.8) is 0 Å². The van der Waals surface area contributed by atoms with Gasteiger partial charge in [-0.2, -0.15) is 0 Å².